The number of ketones is 1. The lowest BCUT2D eigenvalue weighted by Crippen LogP contribution is -2.19. The number of carbonyl (C=O) groups is 2. The first-order valence-electron chi connectivity index (χ1n) is 12.8. The van der Waals surface area contributed by atoms with Crippen LogP contribution in [-0.2, 0) is 4.79 Å². The van der Waals surface area contributed by atoms with Crippen LogP contribution in [0.2, 0.25) is 0 Å². The molecular formula is C30H27N7O2S. The van der Waals surface area contributed by atoms with Crippen LogP contribution in [0.15, 0.2) is 61.1 Å². The topological polar surface area (TPSA) is 129 Å². The van der Waals surface area contributed by atoms with Gasteiger partial charge in [-0.3, -0.25) is 19.7 Å². The highest BCUT2D eigenvalue weighted by Gasteiger charge is 2.18. The second-order valence-electron chi connectivity index (χ2n) is 10.9. The summed E-state index contributed by atoms with van der Waals surface area (Å²) < 4.78 is 0. The lowest BCUT2D eigenvalue weighted by Gasteiger charge is -2.17. The molecule has 1 amide bonds. The van der Waals surface area contributed by atoms with Gasteiger partial charge in [0, 0.05) is 40.2 Å². The van der Waals surface area contributed by atoms with E-state index in [-0.39, 0.29) is 17.1 Å². The van der Waals surface area contributed by atoms with Crippen molar-refractivity contribution >= 4 is 50.8 Å². The van der Waals surface area contributed by atoms with E-state index < -0.39 is 0 Å². The third-order valence-corrected chi connectivity index (χ3v) is 7.64. The average Bonchev–Trinajstić information content (AvgIpc) is 3.65. The van der Waals surface area contributed by atoms with Gasteiger partial charge in [-0.05, 0) is 54.8 Å². The predicted molar refractivity (Wildman–Crippen MR) is 158 cm³/mol. The molecule has 6 heterocycles. The number of Topliss-reactive ketones (excluding diaryl/α,β-unsaturated/α-hetero) is 1. The first-order valence-corrected chi connectivity index (χ1v) is 13.7. The Bertz CT molecular complexity index is 1910. The molecule has 0 spiro atoms. The molecule has 9 nitrogen and oxygen atoms in total. The number of nitrogens with zero attached hydrogens (tertiary/aromatic N) is 4. The molecule has 0 saturated carbocycles. The van der Waals surface area contributed by atoms with Gasteiger partial charge in [0.2, 0.25) is 5.91 Å². The molecule has 6 aromatic heterocycles. The molecule has 0 aliphatic heterocycles. The molecule has 6 aromatic rings. The number of hydrogen-bond acceptors (Lipinski definition) is 7. The summed E-state index contributed by atoms with van der Waals surface area (Å²) in [4.78, 5) is 43.1. The van der Waals surface area contributed by atoms with Crippen LogP contribution in [0.3, 0.4) is 0 Å². The Morgan fingerprint density at radius 3 is 2.67 bits per heavy atom. The van der Waals surface area contributed by atoms with Crippen molar-refractivity contribution in [3.8, 4) is 33.1 Å². The Kier molecular flexibility index (Phi) is 6.26. The fourth-order valence-corrected chi connectivity index (χ4v) is 5.56. The summed E-state index contributed by atoms with van der Waals surface area (Å²) in [5.41, 5.74) is 6.64. The van der Waals surface area contributed by atoms with Gasteiger partial charge in [-0.25, -0.2) is 9.97 Å². The lowest BCUT2D eigenvalue weighted by atomic mass is 9.92. The summed E-state index contributed by atoms with van der Waals surface area (Å²) in [5, 5.41) is 11.5. The number of amides is 1. The molecule has 0 bridgehead atoms. The Morgan fingerprint density at radius 2 is 1.90 bits per heavy atom. The summed E-state index contributed by atoms with van der Waals surface area (Å²) in [5.74, 6) is -0.00644. The van der Waals surface area contributed by atoms with Crippen LogP contribution in [0.5, 0.6) is 0 Å². The quantitative estimate of drug-likeness (QED) is 0.194. The molecule has 0 radical (unpaired) electrons. The largest absolute Gasteiger partial charge is 0.338 e. The van der Waals surface area contributed by atoms with E-state index in [0.29, 0.717) is 29.0 Å². The summed E-state index contributed by atoms with van der Waals surface area (Å²) in [6.45, 7) is 7.66. The van der Waals surface area contributed by atoms with Crippen molar-refractivity contribution in [2.45, 2.75) is 34.1 Å². The standard InChI is InChI=1S/C30H27N7O2S/c1-16(38)24-7-8-25(40-24)19-9-10-32-29-20(19)12-23(35-29)28-27-22(36-37-28)6-5-21(34-27)17-11-18(15-31-14-17)33-26(39)13-30(2,3)4/h5-12,14-15H,13H2,1-4H3,(H,32,35)(H,33,39)(H,36,37). The van der Waals surface area contributed by atoms with Crippen LogP contribution >= 0.6 is 11.3 Å². The van der Waals surface area contributed by atoms with Crippen molar-refractivity contribution in [1.82, 2.24) is 30.1 Å². The van der Waals surface area contributed by atoms with Gasteiger partial charge in [0.1, 0.15) is 16.9 Å². The van der Waals surface area contributed by atoms with Gasteiger partial charge in [-0.15, -0.1) is 11.3 Å². The van der Waals surface area contributed by atoms with E-state index in [1.54, 1.807) is 25.5 Å². The second kappa shape index (κ2) is 9.80. The molecule has 0 fully saturated rings. The van der Waals surface area contributed by atoms with Crippen molar-refractivity contribution in [2.24, 2.45) is 5.41 Å². The highest BCUT2D eigenvalue weighted by molar-refractivity contribution is 7.17. The van der Waals surface area contributed by atoms with E-state index in [2.05, 4.69) is 30.5 Å². The number of H-pyrrole nitrogens is 2. The summed E-state index contributed by atoms with van der Waals surface area (Å²) >= 11 is 1.47. The third-order valence-electron chi connectivity index (χ3n) is 6.42. The van der Waals surface area contributed by atoms with Crippen LogP contribution < -0.4 is 5.32 Å². The SMILES string of the molecule is CC(=O)c1ccc(-c2ccnc3[nH]c(-c4n[nH]c5ccc(-c6cncc(NC(=O)CC(C)(C)C)c6)nc45)cc23)s1. The molecule has 40 heavy (non-hydrogen) atoms. The lowest BCUT2D eigenvalue weighted by molar-refractivity contribution is -0.117. The van der Waals surface area contributed by atoms with Gasteiger partial charge < -0.3 is 10.3 Å². The van der Waals surface area contributed by atoms with E-state index >= 15 is 0 Å². The number of nitrogens with one attached hydrogen (secondary N) is 3. The number of aromatic amines is 2. The number of aromatic nitrogens is 6. The minimum atomic E-state index is -0.112. The molecular weight excluding hydrogens is 522 g/mol. The van der Waals surface area contributed by atoms with E-state index in [1.165, 1.54) is 11.3 Å². The molecule has 3 N–H and O–H groups in total. The number of hydrogen-bond donors (Lipinski definition) is 3. The predicted octanol–water partition coefficient (Wildman–Crippen LogP) is 6.87. The first kappa shape index (κ1) is 25.6. The van der Waals surface area contributed by atoms with E-state index in [0.717, 1.165) is 43.1 Å². The normalized spacial score (nSPS) is 11.8. The van der Waals surface area contributed by atoms with Crippen LogP contribution in [0.25, 0.3) is 55.2 Å². The van der Waals surface area contributed by atoms with Gasteiger partial charge in [0.25, 0.3) is 0 Å². The Hall–Kier alpha value is -4.70. The fraction of sp³-hybridized carbons (Fsp3) is 0.200. The van der Waals surface area contributed by atoms with Gasteiger partial charge in [-0.2, -0.15) is 5.10 Å². The fourth-order valence-electron chi connectivity index (χ4n) is 4.62. The van der Waals surface area contributed by atoms with Crippen LogP contribution in [0, 0.1) is 5.41 Å². The van der Waals surface area contributed by atoms with Gasteiger partial charge in [0.05, 0.1) is 33.7 Å². The number of carbonyl (C=O) groups excluding carboxylic acids is 2. The molecule has 0 saturated heterocycles. The minimum absolute atomic E-state index is 0.0502. The minimum Gasteiger partial charge on any atom is -0.338 e. The number of pyridine rings is 3. The van der Waals surface area contributed by atoms with Crippen molar-refractivity contribution in [2.75, 3.05) is 5.32 Å². The monoisotopic (exact) mass is 549 g/mol. The first-order chi connectivity index (χ1) is 19.1. The second-order valence-corrected chi connectivity index (χ2v) is 12.0. The number of fused-ring (bicyclic) bond motifs is 2. The van der Waals surface area contributed by atoms with Crippen LogP contribution in [0.1, 0.15) is 43.8 Å². The zero-order valence-electron chi connectivity index (χ0n) is 22.5. The van der Waals surface area contributed by atoms with E-state index in [9.17, 15) is 9.59 Å². The molecule has 200 valence electrons. The molecule has 0 aromatic carbocycles. The zero-order valence-corrected chi connectivity index (χ0v) is 23.3. The molecule has 0 unspecified atom stereocenters. The number of anilines is 1. The smallest absolute Gasteiger partial charge is 0.224 e. The van der Waals surface area contributed by atoms with Crippen LogP contribution in [0.4, 0.5) is 5.69 Å². The summed E-state index contributed by atoms with van der Waals surface area (Å²) in [6, 6.07) is 13.5. The Balaban J connectivity index is 1.36. The molecule has 6 rings (SSSR count). The average molecular weight is 550 g/mol. The van der Waals surface area contributed by atoms with Crippen LogP contribution in [-0.4, -0.2) is 41.8 Å². The molecule has 0 atom stereocenters. The number of rotatable bonds is 6. The molecule has 0 aliphatic rings. The van der Waals surface area contributed by atoms with Gasteiger partial charge in [0.15, 0.2) is 5.78 Å². The van der Waals surface area contributed by atoms with Crippen molar-refractivity contribution in [3.05, 3.63) is 65.9 Å². The summed E-state index contributed by atoms with van der Waals surface area (Å²) in [7, 11) is 0. The maximum atomic E-state index is 12.4. The van der Waals surface area contributed by atoms with Crippen molar-refractivity contribution in [1.29, 1.82) is 0 Å². The number of thiophene rings is 1. The maximum Gasteiger partial charge on any atom is 0.224 e. The van der Waals surface area contributed by atoms with Gasteiger partial charge >= 0.3 is 0 Å². The third kappa shape index (κ3) is 5.01. The molecule has 0 aliphatic carbocycles. The van der Waals surface area contributed by atoms with Gasteiger partial charge in [-0.1, -0.05) is 20.8 Å². The van der Waals surface area contributed by atoms with Crippen molar-refractivity contribution in [3.63, 3.8) is 0 Å². The Labute approximate surface area is 234 Å². The maximum absolute atomic E-state index is 12.4. The van der Waals surface area contributed by atoms with E-state index in [1.807, 2.05) is 63.2 Å². The van der Waals surface area contributed by atoms with Crippen molar-refractivity contribution < 1.29 is 9.59 Å². The van der Waals surface area contributed by atoms with E-state index in [4.69, 9.17) is 4.98 Å². The Morgan fingerprint density at radius 1 is 1.05 bits per heavy atom. The summed E-state index contributed by atoms with van der Waals surface area (Å²) in [6.07, 6.45) is 5.52. The zero-order chi connectivity index (χ0) is 28.0. The highest BCUT2D eigenvalue weighted by Crippen LogP contribution is 2.36. The highest BCUT2D eigenvalue weighted by atomic mass is 32.1. The molecule has 10 heteroatoms.